The van der Waals surface area contributed by atoms with Gasteiger partial charge in [-0.2, -0.15) is 0 Å². The molecule has 0 saturated carbocycles. The van der Waals surface area contributed by atoms with E-state index >= 15 is 0 Å². The Morgan fingerprint density at radius 1 is 0.826 bits per heavy atom. The second-order valence-electron chi connectivity index (χ2n) is 15.2. The Kier molecular flexibility index (Phi) is 15.1. The number of aromatic nitrogens is 1. The molecule has 3 rings (SSSR count). The van der Waals surface area contributed by atoms with Gasteiger partial charge >= 0.3 is 0 Å². The van der Waals surface area contributed by atoms with Gasteiger partial charge in [0, 0.05) is 43.2 Å². The number of hydrogen-bond acceptors (Lipinski definition) is 3. The van der Waals surface area contributed by atoms with Crippen molar-refractivity contribution in [2.45, 2.75) is 122 Å². The summed E-state index contributed by atoms with van der Waals surface area (Å²) >= 11 is 0. The molecule has 0 amide bonds. The summed E-state index contributed by atoms with van der Waals surface area (Å²) in [5, 5.41) is 13.1. The molecule has 0 saturated heterocycles. The van der Waals surface area contributed by atoms with Crippen LogP contribution in [-0.4, -0.2) is 15.9 Å². The van der Waals surface area contributed by atoms with Gasteiger partial charge in [0.15, 0.2) is 5.78 Å². The first kappa shape index (κ1) is 41.7. The van der Waals surface area contributed by atoms with Crippen molar-refractivity contribution in [3.05, 3.63) is 77.2 Å². The zero-order chi connectivity index (χ0) is 34.5. The van der Waals surface area contributed by atoms with Crippen LogP contribution in [0.2, 0.25) is 0 Å². The van der Waals surface area contributed by atoms with E-state index in [-0.39, 0.29) is 66.1 Å². The largest absolute Gasteiger partial charge is 0.512 e. The van der Waals surface area contributed by atoms with Crippen molar-refractivity contribution in [3.63, 3.8) is 0 Å². The molecule has 0 atom stereocenters. The molecule has 257 valence electrons. The maximum Gasteiger partial charge on any atom is 0.165 e. The van der Waals surface area contributed by atoms with Gasteiger partial charge in [-0.1, -0.05) is 122 Å². The number of nitrogens with zero attached hydrogens (tertiary/aromatic N) is 1. The Morgan fingerprint density at radius 3 is 1.80 bits per heavy atom. The molecular formula is C42H62IrNO2-. The number of rotatable bonds is 11. The summed E-state index contributed by atoms with van der Waals surface area (Å²) in [6.45, 7) is 31.9. The smallest absolute Gasteiger partial charge is 0.165 e. The summed E-state index contributed by atoms with van der Waals surface area (Å²) < 4.78 is 0. The van der Waals surface area contributed by atoms with Crippen molar-refractivity contribution in [2.24, 2.45) is 34.5 Å². The molecule has 2 aromatic carbocycles. The minimum absolute atomic E-state index is 0. The van der Waals surface area contributed by atoms with Crippen LogP contribution in [0, 0.1) is 54.4 Å². The van der Waals surface area contributed by atoms with Crippen LogP contribution in [0.3, 0.4) is 0 Å². The molecule has 1 N–H and O–H groups in total. The number of allylic oxidation sites excluding steroid dienone is 2. The van der Waals surface area contributed by atoms with Crippen molar-refractivity contribution < 1.29 is 30.0 Å². The van der Waals surface area contributed by atoms with Gasteiger partial charge in [0.2, 0.25) is 0 Å². The van der Waals surface area contributed by atoms with Gasteiger partial charge in [0.05, 0.1) is 0 Å². The van der Waals surface area contributed by atoms with E-state index in [0.29, 0.717) is 0 Å². The maximum atomic E-state index is 12.8. The maximum absolute atomic E-state index is 12.8. The minimum Gasteiger partial charge on any atom is -0.512 e. The molecule has 1 heterocycles. The third-order valence-electron chi connectivity index (χ3n) is 11.6. The molecule has 0 bridgehead atoms. The number of carbonyl (C=O) groups excluding carboxylic acids is 1. The summed E-state index contributed by atoms with van der Waals surface area (Å²) in [6.07, 6.45) is 5.72. The van der Waals surface area contributed by atoms with E-state index in [1.807, 2.05) is 20.0 Å². The number of aryl methyl sites for hydroxylation is 2. The van der Waals surface area contributed by atoms with Gasteiger partial charge in [-0.3, -0.25) is 4.79 Å². The second-order valence-corrected chi connectivity index (χ2v) is 15.2. The predicted octanol–water partition coefficient (Wildman–Crippen LogP) is 12.0. The van der Waals surface area contributed by atoms with Gasteiger partial charge in [-0.25, -0.2) is 0 Å². The number of hydrogen-bond donors (Lipinski definition) is 1. The molecule has 0 aliphatic rings. The number of fused-ring (bicyclic) bond motifs is 1. The predicted molar refractivity (Wildman–Crippen MR) is 195 cm³/mol. The molecule has 0 aliphatic carbocycles. The third kappa shape index (κ3) is 8.78. The molecule has 0 aliphatic heterocycles. The van der Waals surface area contributed by atoms with Gasteiger partial charge in [0.1, 0.15) is 5.76 Å². The van der Waals surface area contributed by atoms with Crippen molar-refractivity contribution in [2.75, 3.05) is 0 Å². The Labute approximate surface area is 295 Å². The fourth-order valence-electron chi connectivity index (χ4n) is 6.38. The molecule has 0 unspecified atom stereocenters. The minimum atomic E-state index is -0.442. The molecule has 46 heavy (non-hydrogen) atoms. The van der Waals surface area contributed by atoms with Gasteiger partial charge in [-0.05, 0) is 70.0 Å². The zero-order valence-electron chi connectivity index (χ0n) is 31.5. The number of aliphatic hydroxyl groups excluding tert-OH is 1. The standard InChI is InChI=1S/C23H26N.C19H36O2.Ir/c1-6-23(5,7-2)20-8-9-21-18(15-20)10-11-24-22(21)19-13-16(3)12-17(4)14-19;1-12(2)18(9,13(3)4)16(20)11-17(21)19(10,14(5)6)15(7)8;/h8-13,15H,6-7H2,1-5H3;11-15,20H,1-10H3;/q-1;;/b;16-11-;. The zero-order valence-corrected chi connectivity index (χ0v) is 33.9. The van der Waals surface area contributed by atoms with E-state index in [2.05, 4.69) is 137 Å². The number of benzene rings is 2. The van der Waals surface area contributed by atoms with E-state index in [1.165, 1.54) is 28.0 Å². The quantitative estimate of drug-likeness (QED) is 0.119. The molecule has 0 spiro atoms. The fourth-order valence-corrected chi connectivity index (χ4v) is 6.38. The Bertz CT molecular complexity index is 1440. The Balaban J connectivity index is 0.000000456. The molecule has 0 fully saturated rings. The summed E-state index contributed by atoms with van der Waals surface area (Å²) in [6, 6.07) is 16.8. The summed E-state index contributed by atoms with van der Waals surface area (Å²) in [5.41, 5.74) is 5.37. The van der Waals surface area contributed by atoms with E-state index in [9.17, 15) is 9.90 Å². The van der Waals surface area contributed by atoms with Crippen molar-refractivity contribution in [1.29, 1.82) is 0 Å². The topological polar surface area (TPSA) is 50.2 Å². The van der Waals surface area contributed by atoms with Crippen LogP contribution in [0.4, 0.5) is 0 Å². The van der Waals surface area contributed by atoms with Crippen LogP contribution in [0.5, 0.6) is 0 Å². The van der Waals surface area contributed by atoms with Crippen LogP contribution in [-0.2, 0) is 30.3 Å². The number of aliphatic hydroxyl groups is 1. The third-order valence-corrected chi connectivity index (χ3v) is 11.6. The normalized spacial score (nSPS) is 12.9. The van der Waals surface area contributed by atoms with Crippen LogP contribution < -0.4 is 0 Å². The van der Waals surface area contributed by atoms with Crippen LogP contribution in [0.1, 0.15) is 120 Å². The average Bonchev–Trinajstić information content (AvgIpc) is 2.98. The van der Waals surface area contributed by atoms with Crippen molar-refractivity contribution in [1.82, 2.24) is 4.98 Å². The number of pyridine rings is 1. The van der Waals surface area contributed by atoms with Crippen LogP contribution in [0.25, 0.3) is 22.0 Å². The monoisotopic (exact) mass is 805 g/mol. The SMILES string of the molecule is CC(C)C(C)(C(=O)/C=C(\O)C(C)(C(C)C)C(C)C)C(C)C.CCC(C)(CC)c1ccc2c(-c3[c-]c(C)cc(C)c3)nccc2c1.[Ir]. The van der Waals surface area contributed by atoms with E-state index < -0.39 is 5.41 Å². The van der Waals surface area contributed by atoms with Gasteiger partial charge in [-0.15, -0.1) is 34.9 Å². The van der Waals surface area contributed by atoms with E-state index in [1.54, 1.807) is 0 Å². The molecule has 3 nitrogen and oxygen atoms in total. The molecule has 1 radical (unpaired) electrons. The summed E-state index contributed by atoms with van der Waals surface area (Å²) in [4.78, 5) is 17.5. The summed E-state index contributed by atoms with van der Waals surface area (Å²) in [5.74, 6) is 1.27. The van der Waals surface area contributed by atoms with Crippen LogP contribution >= 0.6 is 0 Å². The Morgan fingerprint density at radius 2 is 1.35 bits per heavy atom. The van der Waals surface area contributed by atoms with E-state index in [4.69, 9.17) is 0 Å². The molecular weight excluding hydrogens is 743 g/mol. The van der Waals surface area contributed by atoms with Crippen molar-refractivity contribution in [3.8, 4) is 11.3 Å². The Hall–Kier alpha value is -2.29. The molecule has 3 aromatic rings. The van der Waals surface area contributed by atoms with Crippen LogP contribution in [0.15, 0.2) is 54.4 Å². The molecule has 1 aromatic heterocycles. The fraction of sp³-hybridized carbons (Fsp3) is 0.571. The summed E-state index contributed by atoms with van der Waals surface area (Å²) in [7, 11) is 0. The first-order chi connectivity index (χ1) is 20.8. The first-order valence-electron chi connectivity index (χ1n) is 17.1. The first-order valence-corrected chi connectivity index (χ1v) is 17.1. The second kappa shape index (κ2) is 16.7. The average molecular weight is 805 g/mol. The number of ketones is 1. The van der Waals surface area contributed by atoms with Crippen molar-refractivity contribution >= 4 is 16.6 Å². The van der Waals surface area contributed by atoms with Gasteiger partial charge in [0.25, 0.3) is 0 Å². The number of carbonyl (C=O) groups is 1. The van der Waals surface area contributed by atoms with E-state index in [0.717, 1.165) is 29.7 Å². The molecule has 4 heteroatoms. The van der Waals surface area contributed by atoms with Gasteiger partial charge < -0.3 is 10.1 Å².